The average molecular weight is 502 g/mol. The highest BCUT2D eigenvalue weighted by molar-refractivity contribution is 8.00. The highest BCUT2D eigenvalue weighted by Crippen LogP contribution is 2.39. The summed E-state index contributed by atoms with van der Waals surface area (Å²) in [4.78, 5) is 39.8. The first kappa shape index (κ1) is 23.5. The van der Waals surface area contributed by atoms with Crippen molar-refractivity contribution in [1.82, 2.24) is 10.2 Å². The van der Waals surface area contributed by atoms with E-state index in [4.69, 9.17) is 8.83 Å². The van der Waals surface area contributed by atoms with Crippen LogP contribution in [0.3, 0.4) is 0 Å². The fourth-order valence-corrected chi connectivity index (χ4v) is 5.12. The molecule has 4 aromatic rings. The number of amides is 3. The minimum atomic E-state index is -0.338. The summed E-state index contributed by atoms with van der Waals surface area (Å²) in [5.74, 6) is 1.14. The van der Waals surface area contributed by atoms with Gasteiger partial charge in [-0.1, -0.05) is 24.3 Å². The van der Waals surface area contributed by atoms with Crippen molar-refractivity contribution in [2.45, 2.75) is 18.5 Å². The van der Waals surface area contributed by atoms with Crippen molar-refractivity contribution < 1.29 is 23.2 Å². The molecule has 5 rings (SSSR count). The Hall–Kier alpha value is -4.24. The second-order valence-corrected chi connectivity index (χ2v) is 9.22. The number of carbonyl (C=O) groups excluding carboxylic acids is 3. The molecule has 1 aliphatic rings. The van der Waals surface area contributed by atoms with E-state index in [1.54, 1.807) is 83.8 Å². The second kappa shape index (κ2) is 10.6. The maximum absolute atomic E-state index is 13.0. The zero-order valence-corrected chi connectivity index (χ0v) is 20.0. The third-order valence-corrected chi connectivity index (χ3v) is 7.01. The van der Waals surface area contributed by atoms with Gasteiger partial charge in [-0.2, -0.15) is 0 Å². The molecule has 1 aliphatic heterocycles. The van der Waals surface area contributed by atoms with Gasteiger partial charge < -0.3 is 24.4 Å². The molecular weight excluding hydrogens is 478 g/mol. The largest absolute Gasteiger partial charge is 0.467 e. The summed E-state index contributed by atoms with van der Waals surface area (Å²) >= 11 is 1.54. The van der Waals surface area contributed by atoms with Gasteiger partial charge in [0.25, 0.3) is 11.8 Å². The van der Waals surface area contributed by atoms with Gasteiger partial charge in [-0.3, -0.25) is 14.4 Å². The van der Waals surface area contributed by atoms with E-state index in [0.29, 0.717) is 34.9 Å². The fourth-order valence-electron chi connectivity index (χ4n) is 3.93. The molecule has 2 aromatic carbocycles. The number of carbonyl (C=O) groups is 3. The first-order chi connectivity index (χ1) is 17.6. The number of nitrogens with zero attached hydrogens (tertiary/aromatic N) is 1. The lowest BCUT2D eigenvalue weighted by Gasteiger charge is -2.23. The molecule has 1 saturated heterocycles. The lowest BCUT2D eigenvalue weighted by molar-refractivity contribution is -0.128. The second-order valence-electron chi connectivity index (χ2n) is 8.15. The molecule has 36 heavy (non-hydrogen) atoms. The van der Waals surface area contributed by atoms with Crippen LogP contribution in [0.5, 0.6) is 0 Å². The van der Waals surface area contributed by atoms with Crippen molar-refractivity contribution in [3.63, 3.8) is 0 Å². The summed E-state index contributed by atoms with van der Waals surface area (Å²) in [7, 11) is 0. The van der Waals surface area contributed by atoms with Crippen LogP contribution in [0.25, 0.3) is 0 Å². The molecule has 182 valence electrons. The lowest BCUT2D eigenvalue weighted by atomic mass is 10.1. The highest BCUT2D eigenvalue weighted by atomic mass is 32.2. The number of anilines is 1. The number of rotatable bonds is 8. The highest BCUT2D eigenvalue weighted by Gasteiger charge is 2.33. The van der Waals surface area contributed by atoms with E-state index >= 15 is 0 Å². The van der Waals surface area contributed by atoms with E-state index in [2.05, 4.69) is 10.6 Å². The minimum Gasteiger partial charge on any atom is -0.467 e. The van der Waals surface area contributed by atoms with Gasteiger partial charge in [0.1, 0.15) is 16.9 Å². The summed E-state index contributed by atoms with van der Waals surface area (Å²) < 4.78 is 10.7. The van der Waals surface area contributed by atoms with Gasteiger partial charge in [0.05, 0.1) is 42.6 Å². The van der Waals surface area contributed by atoms with E-state index in [1.165, 1.54) is 0 Å². The van der Waals surface area contributed by atoms with Crippen LogP contribution >= 0.6 is 11.8 Å². The molecule has 3 heterocycles. The summed E-state index contributed by atoms with van der Waals surface area (Å²) in [5, 5.41) is 5.47. The predicted molar refractivity (Wildman–Crippen MR) is 135 cm³/mol. The van der Waals surface area contributed by atoms with Crippen molar-refractivity contribution in [1.29, 1.82) is 0 Å². The predicted octanol–water partition coefficient (Wildman–Crippen LogP) is 4.83. The van der Waals surface area contributed by atoms with Crippen LogP contribution in [-0.4, -0.2) is 28.4 Å². The number of para-hydroxylation sites is 1. The Balaban J connectivity index is 1.26. The van der Waals surface area contributed by atoms with Crippen LogP contribution in [0.4, 0.5) is 5.69 Å². The zero-order valence-electron chi connectivity index (χ0n) is 19.2. The molecule has 9 heteroatoms. The smallest absolute Gasteiger partial charge is 0.255 e. The van der Waals surface area contributed by atoms with Gasteiger partial charge in [0.2, 0.25) is 5.91 Å². The molecule has 8 nitrogen and oxygen atoms in total. The Kier molecular flexibility index (Phi) is 6.90. The first-order valence-corrected chi connectivity index (χ1v) is 12.4. The van der Waals surface area contributed by atoms with Crippen LogP contribution in [0.15, 0.2) is 94.2 Å². The molecule has 0 aliphatic carbocycles. The number of benzene rings is 2. The molecule has 0 saturated carbocycles. The lowest BCUT2D eigenvalue weighted by Crippen LogP contribution is -2.27. The first-order valence-electron chi connectivity index (χ1n) is 11.3. The van der Waals surface area contributed by atoms with Gasteiger partial charge in [-0.05, 0) is 54.1 Å². The van der Waals surface area contributed by atoms with Gasteiger partial charge >= 0.3 is 0 Å². The number of hydrogen-bond acceptors (Lipinski definition) is 6. The molecule has 2 N–H and O–H groups in total. The molecule has 2 aromatic heterocycles. The van der Waals surface area contributed by atoms with Crippen molar-refractivity contribution in [3.05, 3.63) is 114 Å². The Labute approximate surface area is 211 Å². The molecule has 1 fully saturated rings. The monoisotopic (exact) mass is 501 g/mol. The van der Waals surface area contributed by atoms with Crippen molar-refractivity contribution >= 4 is 35.2 Å². The van der Waals surface area contributed by atoms with Crippen LogP contribution in [0.1, 0.15) is 43.2 Å². The van der Waals surface area contributed by atoms with E-state index in [9.17, 15) is 14.4 Å². The number of hydrogen-bond donors (Lipinski definition) is 2. The standard InChI is InChI=1S/C27H23N3O5S/c31-24-17-36-27(30(24)16-21-6-4-14-35-21)19-11-9-18(10-12-19)25(32)29-23-8-2-1-7-22(23)26(33)28-15-20-5-3-13-34-20/h1-14,27H,15-17H2,(H,28,33)(H,29,32)/t27-/m1/s1. The van der Waals surface area contributed by atoms with Gasteiger partial charge in [0, 0.05) is 5.56 Å². The van der Waals surface area contributed by atoms with Crippen molar-refractivity contribution in [2.75, 3.05) is 11.1 Å². The molecular formula is C27H23N3O5S. The van der Waals surface area contributed by atoms with E-state index in [1.807, 2.05) is 18.2 Å². The Morgan fingerprint density at radius 1 is 0.889 bits per heavy atom. The quantitative estimate of drug-likeness (QED) is 0.358. The van der Waals surface area contributed by atoms with Gasteiger partial charge in [-0.15, -0.1) is 11.8 Å². The molecule has 0 radical (unpaired) electrons. The maximum Gasteiger partial charge on any atom is 0.255 e. The van der Waals surface area contributed by atoms with Crippen molar-refractivity contribution in [2.24, 2.45) is 0 Å². The fraction of sp³-hybridized carbons (Fsp3) is 0.148. The third kappa shape index (κ3) is 5.21. The third-order valence-electron chi connectivity index (χ3n) is 5.76. The van der Waals surface area contributed by atoms with Gasteiger partial charge in [-0.25, -0.2) is 0 Å². The van der Waals surface area contributed by atoms with Crippen molar-refractivity contribution in [3.8, 4) is 0 Å². The Morgan fingerprint density at radius 3 is 2.33 bits per heavy atom. The number of thioether (sulfide) groups is 1. The zero-order chi connectivity index (χ0) is 24.9. The van der Waals surface area contributed by atoms with Crippen LogP contribution in [0, 0.1) is 0 Å². The Morgan fingerprint density at radius 2 is 1.61 bits per heavy atom. The SMILES string of the molecule is O=C(Nc1ccccc1C(=O)NCc1ccco1)c1ccc([C@H]2SCC(=O)N2Cc2ccco2)cc1. The Bertz CT molecular complexity index is 1350. The van der Waals surface area contributed by atoms with Crippen LogP contribution < -0.4 is 10.6 Å². The van der Waals surface area contributed by atoms with E-state index < -0.39 is 0 Å². The number of nitrogens with one attached hydrogen (secondary N) is 2. The normalized spacial score (nSPS) is 15.2. The summed E-state index contributed by atoms with van der Waals surface area (Å²) in [6.45, 7) is 0.638. The van der Waals surface area contributed by atoms with E-state index in [0.717, 1.165) is 11.3 Å². The summed E-state index contributed by atoms with van der Waals surface area (Å²) in [6.07, 6.45) is 3.13. The topological polar surface area (TPSA) is 105 Å². The molecule has 0 spiro atoms. The average Bonchev–Trinajstić information content (AvgIpc) is 3.67. The van der Waals surface area contributed by atoms with Crippen LogP contribution in [-0.2, 0) is 17.9 Å². The van der Waals surface area contributed by atoms with Crippen LogP contribution in [0.2, 0.25) is 0 Å². The van der Waals surface area contributed by atoms with E-state index in [-0.39, 0.29) is 29.6 Å². The molecule has 1 atom stereocenters. The summed E-state index contributed by atoms with van der Waals surface area (Å²) in [5.41, 5.74) is 2.12. The van der Waals surface area contributed by atoms with Gasteiger partial charge in [0.15, 0.2) is 0 Å². The maximum atomic E-state index is 13.0. The number of furan rings is 2. The molecule has 0 bridgehead atoms. The molecule has 3 amide bonds. The minimum absolute atomic E-state index is 0.0464. The summed E-state index contributed by atoms with van der Waals surface area (Å²) in [6, 6.07) is 21.1. The molecule has 0 unspecified atom stereocenters.